The molecule has 1 heterocycles. The Balaban J connectivity index is 1.78. The number of anilines is 1. The Kier molecular flexibility index (Phi) is 4.04. The summed E-state index contributed by atoms with van der Waals surface area (Å²) in [4.78, 5) is 0. The van der Waals surface area contributed by atoms with Gasteiger partial charge in [-0.2, -0.15) is 0 Å². The second kappa shape index (κ2) is 5.53. The van der Waals surface area contributed by atoms with E-state index in [-0.39, 0.29) is 0 Å². The fraction of sp³-hybridized carbons (Fsp3) is 0.500. The summed E-state index contributed by atoms with van der Waals surface area (Å²) >= 11 is 5.95. The van der Waals surface area contributed by atoms with E-state index in [4.69, 9.17) is 22.1 Å². The number of rotatable bonds is 4. The first-order chi connectivity index (χ1) is 7.75. The maximum atomic E-state index is 5.95. The second-order valence-electron chi connectivity index (χ2n) is 4.22. The number of nitrogens with two attached hydrogens (primary N) is 1. The Bertz CT molecular complexity index is 351. The van der Waals surface area contributed by atoms with E-state index in [0.717, 1.165) is 38.3 Å². The summed E-state index contributed by atoms with van der Waals surface area (Å²) in [6, 6.07) is 5.76. The predicted octanol–water partition coefficient (Wildman–Crippen LogP) is 2.05. The van der Waals surface area contributed by atoms with Crippen molar-refractivity contribution < 1.29 is 4.74 Å². The van der Waals surface area contributed by atoms with Crippen LogP contribution in [0.1, 0.15) is 12.0 Å². The lowest BCUT2D eigenvalue weighted by Crippen LogP contribution is -2.22. The van der Waals surface area contributed by atoms with E-state index in [2.05, 4.69) is 5.32 Å². The van der Waals surface area contributed by atoms with E-state index < -0.39 is 0 Å². The predicted molar refractivity (Wildman–Crippen MR) is 66.5 cm³/mol. The molecule has 1 fully saturated rings. The van der Waals surface area contributed by atoms with Crippen LogP contribution < -0.4 is 11.1 Å². The van der Waals surface area contributed by atoms with Crippen molar-refractivity contribution in [2.75, 3.05) is 25.5 Å². The van der Waals surface area contributed by atoms with Crippen LogP contribution in [0.15, 0.2) is 18.2 Å². The van der Waals surface area contributed by atoms with Gasteiger partial charge in [-0.25, -0.2) is 0 Å². The summed E-state index contributed by atoms with van der Waals surface area (Å²) in [5.74, 6) is 0.657. The van der Waals surface area contributed by atoms with Crippen LogP contribution in [0.25, 0.3) is 0 Å². The molecule has 0 saturated carbocycles. The van der Waals surface area contributed by atoms with Crippen molar-refractivity contribution in [1.82, 2.24) is 5.32 Å². The molecule has 0 spiro atoms. The molecule has 3 nitrogen and oxygen atoms in total. The van der Waals surface area contributed by atoms with E-state index >= 15 is 0 Å². The van der Waals surface area contributed by atoms with E-state index in [0.29, 0.717) is 16.6 Å². The Morgan fingerprint density at radius 2 is 2.38 bits per heavy atom. The van der Waals surface area contributed by atoms with Gasteiger partial charge in [0.15, 0.2) is 0 Å². The third kappa shape index (κ3) is 3.11. The summed E-state index contributed by atoms with van der Waals surface area (Å²) in [7, 11) is 0. The minimum Gasteiger partial charge on any atom is -0.398 e. The molecular weight excluding hydrogens is 224 g/mol. The molecule has 88 valence electrons. The quantitative estimate of drug-likeness (QED) is 0.792. The minimum atomic E-state index is 0.628. The van der Waals surface area contributed by atoms with Gasteiger partial charge in [0.2, 0.25) is 0 Å². The van der Waals surface area contributed by atoms with Crippen LogP contribution in [-0.2, 0) is 11.3 Å². The third-order valence-corrected chi connectivity index (χ3v) is 3.18. The smallest absolute Gasteiger partial charge is 0.0638 e. The summed E-state index contributed by atoms with van der Waals surface area (Å²) in [5.41, 5.74) is 7.45. The molecule has 1 aromatic rings. The molecule has 1 aliphatic heterocycles. The van der Waals surface area contributed by atoms with Crippen LogP contribution in [0.4, 0.5) is 5.69 Å². The highest BCUT2D eigenvalue weighted by Gasteiger charge is 2.14. The average Bonchev–Trinajstić information content (AvgIpc) is 2.76. The van der Waals surface area contributed by atoms with Gasteiger partial charge in [-0.15, -0.1) is 0 Å². The first-order valence-electron chi connectivity index (χ1n) is 5.58. The van der Waals surface area contributed by atoms with Gasteiger partial charge in [0.1, 0.15) is 0 Å². The molecule has 1 saturated heterocycles. The van der Waals surface area contributed by atoms with Gasteiger partial charge in [-0.3, -0.25) is 0 Å². The average molecular weight is 241 g/mol. The zero-order valence-corrected chi connectivity index (χ0v) is 9.96. The van der Waals surface area contributed by atoms with Crippen LogP contribution in [0, 0.1) is 5.92 Å². The number of halogens is 1. The zero-order valence-electron chi connectivity index (χ0n) is 9.21. The highest BCUT2D eigenvalue weighted by Crippen LogP contribution is 2.19. The molecule has 0 aliphatic carbocycles. The zero-order chi connectivity index (χ0) is 11.4. The molecule has 1 atom stereocenters. The van der Waals surface area contributed by atoms with Crippen molar-refractivity contribution in [2.45, 2.75) is 13.0 Å². The first kappa shape index (κ1) is 11.7. The maximum absolute atomic E-state index is 5.95. The standard InChI is InChI=1S/C12H17ClN2O/c13-11-5-9(1-2-12(11)14)6-15-7-10-3-4-16-8-10/h1-2,5,10,15H,3-4,6-8,14H2. The summed E-state index contributed by atoms with van der Waals surface area (Å²) in [6.07, 6.45) is 1.16. The topological polar surface area (TPSA) is 47.3 Å². The lowest BCUT2D eigenvalue weighted by Gasteiger charge is -2.10. The van der Waals surface area contributed by atoms with Gasteiger partial charge >= 0.3 is 0 Å². The number of ether oxygens (including phenoxy) is 1. The third-order valence-electron chi connectivity index (χ3n) is 2.85. The molecular formula is C12H17ClN2O. The van der Waals surface area contributed by atoms with E-state index in [1.54, 1.807) is 0 Å². The number of benzene rings is 1. The van der Waals surface area contributed by atoms with Crippen molar-refractivity contribution in [3.63, 3.8) is 0 Å². The molecule has 0 aromatic heterocycles. The fourth-order valence-corrected chi connectivity index (χ4v) is 2.05. The van der Waals surface area contributed by atoms with Gasteiger partial charge in [0.25, 0.3) is 0 Å². The molecule has 1 aromatic carbocycles. The minimum absolute atomic E-state index is 0.628. The van der Waals surface area contributed by atoms with E-state index in [1.165, 1.54) is 0 Å². The van der Waals surface area contributed by atoms with Crippen LogP contribution >= 0.6 is 11.6 Å². The van der Waals surface area contributed by atoms with Gasteiger partial charge in [0, 0.05) is 19.7 Å². The molecule has 0 radical (unpaired) electrons. The Morgan fingerprint density at radius 1 is 1.50 bits per heavy atom. The molecule has 0 amide bonds. The van der Waals surface area contributed by atoms with Crippen molar-refractivity contribution in [3.05, 3.63) is 28.8 Å². The maximum Gasteiger partial charge on any atom is 0.0638 e. The molecule has 3 N–H and O–H groups in total. The van der Waals surface area contributed by atoms with E-state index in [1.807, 2.05) is 18.2 Å². The Hall–Kier alpha value is -0.770. The normalized spacial score (nSPS) is 20.2. The van der Waals surface area contributed by atoms with E-state index in [9.17, 15) is 0 Å². The van der Waals surface area contributed by atoms with Gasteiger partial charge < -0.3 is 15.8 Å². The summed E-state index contributed by atoms with van der Waals surface area (Å²) < 4.78 is 5.32. The number of nitrogen functional groups attached to an aromatic ring is 1. The molecule has 0 bridgehead atoms. The lowest BCUT2D eigenvalue weighted by atomic mass is 10.1. The number of hydrogen-bond acceptors (Lipinski definition) is 3. The Labute approximate surface area is 101 Å². The molecule has 16 heavy (non-hydrogen) atoms. The van der Waals surface area contributed by atoms with Crippen LogP contribution in [0.2, 0.25) is 5.02 Å². The molecule has 1 unspecified atom stereocenters. The van der Waals surface area contributed by atoms with Gasteiger partial charge in [-0.1, -0.05) is 17.7 Å². The number of hydrogen-bond donors (Lipinski definition) is 2. The molecule has 4 heteroatoms. The highest BCUT2D eigenvalue weighted by molar-refractivity contribution is 6.33. The largest absolute Gasteiger partial charge is 0.398 e. The monoisotopic (exact) mass is 240 g/mol. The first-order valence-corrected chi connectivity index (χ1v) is 5.96. The van der Waals surface area contributed by atoms with Gasteiger partial charge in [0.05, 0.1) is 17.3 Å². The SMILES string of the molecule is Nc1ccc(CNCC2CCOC2)cc1Cl. The second-order valence-corrected chi connectivity index (χ2v) is 4.62. The summed E-state index contributed by atoms with van der Waals surface area (Å²) in [6.45, 7) is 3.62. The van der Waals surface area contributed by atoms with Crippen molar-refractivity contribution in [3.8, 4) is 0 Å². The summed E-state index contributed by atoms with van der Waals surface area (Å²) in [5, 5.41) is 4.04. The van der Waals surface area contributed by atoms with Gasteiger partial charge in [-0.05, 0) is 30.0 Å². The number of nitrogens with one attached hydrogen (secondary N) is 1. The van der Waals surface area contributed by atoms with Crippen LogP contribution in [0.3, 0.4) is 0 Å². The van der Waals surface area contributed by atoms with Crippen LogP contribution in [-0.4, -0.2) is 19.8 Å². The van der Waals surface area contributed by atoms with Crippen molar-refractivity contribution in [1.29, 1.82) is 0 Å². The van der Waals surface area contributed by atoms with Crippen molar-refractivity contribution >= 4 is 17.3 Å². The van der Waals surface area contributed by atoms with Crippen LogP contribution in [0.5, 0.6) is 0 Å². The molecule has 1 aliphatic rings. The Morgan fingerprint density at radius 3 is 3.06 bits per heavy atom. The molecule has 2 rings (SSSR count). The highest BCUT2D eigenvalue weighted by atomic mass is 35.5. The fourth-order valence-electron chi connectivity index (χ4n) is 1.85. The van der Waals surface area contributed by atoms with Crippen molar-refractivity contribution in [2.24, 2.45) is 5.92 Å². The lowest BCUT2D eigenvalue weighted by molar-refractivity contribution is 0.185.